The molecule has 0 saturated carbocycles. The molecular weight excluding hydrogens is 400 g/mol. The van der Waals surface area contributed by atoms with Crippen LogP contribution >= 0.6 is 0 Å². The highest BCUT2D eigenvalue weighted by molar-refractivity contribution is 6.07. The van der Waals surface area contributed by atoms with E-state index in [2.05, 4.69) is 15.3 Å². The number of likely N-dealkylation sites (tertiary alicyclic amines) is 1. The van der Waals surface area contributed by atoms with Crippen LogP contribution in [0.2, 0.25) is 0 Å². The molecule has 8 heteroatoms. The van der Waals surface area contributed by atoms with Gasteiger partial charge in [-0.3, -0.25) is 14.2 Å². The molecule has 1 aromatic carbocycles. The van der Waals surface area contributed by atoms with Gasteiger partial charge in [0.05, 0.1) is 31.4 Å². The van der Waals surface area contributed by atoms with Crippen molar-refractivity contribution in [1.29, 1.82) is 0 Å². The standard InChI is InChI=1S/C23H21F2N5O/c24-23(25)8-12-29(13-9-23)15-19-20-6-1-2-11-30(20)21(27-19)22(31)28-18-5-3-4-16-14-26-10-7-17(16)18/h1-7,10-11,14H,8-9,12-13,15H2,(H,28,31)/p+1. The molecule has 2 N–H and O–H groups in total. The Balaban J connectivity index is 1.44. The summed E-state index contributed by atoms with van der Waals surface area (Å²) in [6.45, 7) is 1.30. The number of anilines is 1. The van der Waals surface area contributed by atoms with Crippen LogP contribution in [0.1, 0.15) is 29.2 Å². The maximum atomic E-state index is 13.5. The van der Waals surface area contributed by atoms with Crippen molar-refractivity contribution < 1.29 is 18.5 Å². The number of amides is 1. The molecule has 1 aliphatic rings. The highest BCUT2D eigenvalue weighted by atomic mass is 19.3. The predicted molar refractivity (Wildman–Crippen MR) is 113 cm³/mol. The minimum Gasteiger partial charge on any atom is -0.329 e. The molecule has 1 amide bonds. The van der Waals surface area contributed by atoms with Crippen LogP contribution in [0.15, 0.2) is 61.1 Å². The molecule has 3 aromatic heterocycles. The smallest absolute Gasteiger partial charge is 0.292 e. The highest BCUT2D eigenvalue weighted by Gasteiger charge is 2.37. The quantitative estimate of drug-likeness (QED) is 0.532. The van der Waals surface area contributed by atoms with E-state index in [0.29, 0.717) is 25.3 Å². The third-order valence-electron chi connectivity index (χ3n) is 5.86. The number of carbonyl (C=O) groups excluding carboxylic acids is 1. The SMILES string of the molecule is O=C(Nc1cccc2cnccc12)c1nc(C[NH+]2CCC(F)(F)CC2)c2ccccn12. The van der Waals surface area contributed by atoms with E-state index in [1.165, 1.54) is 0 Å². The van der Waals surface area contributed by atoms with Gasteiger partial charge >= 0.3 is 0 Å². The number of imidazole rings is 1. The van der Waals surface area contributed by atoms with Crippen LogP contribution < -0.4 is 10.2 Å². The second-order valence-corrected chi connectivity index (χ2v) is 7.98. The number of hydrogen-bond acceptors (Lipinski definition) is 3. The molecule has 0 bridgehead atoms. The molecule has 6 nitrogen and oxygen atoms in total. The molecule has 4 heterocycles. The molecule has 1 fully saturated rings. The van der Waals surface area contributed by atoms with Crippen LogP contribution in [0, 0.1) is 0 Å². The van der Waals surface area contributed by atoms with E-state index in [1.54, 1.807) is 23.0 Å². The van der Waals surface area contributed by atoms with Gasteiger partial charge in [0.2, 0.25) is 5.82 Å². The van der Waals surface area contributed by atoms with E-state index in [4.69, 9.17) is 0 Å². The van der Waals surface area contributed by atoms with Crippen LogP contribution in [-0.2, 0) is 6.54 Å². The number of fused-ring (bicyclic) bond motifs is 2. The Bertz CT molecular complexity index is 1250. The van der Waals surface area contributed by atoms with Gasteiger partial charge in [-0.25, -0.2) is 13.8 Å². The van der Waals surface area contributed by atoms with Gasteiger partial charge in [-0.15, -0.1) is 0 Å². The number of aromatic nitrogens is 3. The first-order chi connectivity index (χ1) is 15.0. The number of nitrogens with zero attached hydrogens (tertiary/aromatic N) is 3. The lowest BCUT2D eigenvalue weighted by atomic mass is 10.1. The van der Waals surface area contributed by atoms with Gasteiger partial charge < -0.3 is 10.2 Å². The number of carbonyl (C=O) groups is 1. The molecular formula is C23H22F2N5O+. The Labute approximate surface area is 177 Å². The number of piperidine rings is 1. The van der Waals surface area contributed by atoms with Crippen molar-refractivity contribution in [3.05, 3.63) is 72.6 Å². The fourth-order valence-electron chi connectivity index (χ4n) is 4.18. The van der Waals surface area contributed by atoms with Crippen LogP contribution in [0.4, 0.5) is 14.5 Å². The predicted octanol–water partition coefficient (Wildman–Crippen LogP) is 2.95. The Kier molecular flexibility index (Phi) is 4.86. The van der Waals surface area contributed by atoms with Gasteiger partial charge in [-0.2, -0.15) is 0 Å². The maximum Gasteiger partial charge on any atom is 0.292 e. The summed E-state index contributed by atoms with van der Waals surface area (Å²) in [6, 6.07) is 13.1. The average molecular weight is 422 g/mol. The third kappa shape index (κ3) is 3.86. The zero-order chi connectivity index (χ0) is 21.4. The lowest BCUT2D eigenvalue weighted by Crippen LogP contribution is -3.12. The first kappa shape index (κ1) is 19.6. The number of quaternary nitrogens is 1. The van der Waals surface area contributed by atoms with Crippen molar-refractivity contribution in [2.24, 2.45) is 0 Å². The molecule has 0 atom stereocenters. The van der Waals surface area contributed by atoms with Crippen LogP contribution in [0.25, 0.3) is 16.3 Å². The van der Waals surface area contributed by atoms with Gasteiger partial charge in [-0.1, -0.05) is 18.2 Å². The molecule has 4 aromatic rings. The van der Waals surface area contributed by atoms with E-state index in [0.717, 1.165) is 26.9 Å². The molecule has 5 rings (SSSR count). The Morgan fingerprint density at radius 3 is 2.81 bits per heavy atom. The van der Waals surface area contributed by atoms with Crippen molar-refractivity contribution in [3.8, 4) is 0 Å². The van der Waals surface area contributed by atoms with Crippen LogP contribution in [0.5, 0.6) is 0 Å². The highest BCUT2D eigenvalue weighted by Crippen LogP contribution is 2.24. The van der Waals surface area contributed by atoms with Crippen molar-refractivity contribution >= 4 is 27.9 Å². The minimum absolute atomic E-state index is 0.114. The first-order valence-corrected chi connectivity index (χ1v) is 10.3. The van der Waals surface area contributed by atoms with Crippen molar-refractivity contribution in [2.45, 2.75) is 25.3 Å². The summed E-state index contributed by atoms with van der Waals surface area (Å²) in [7, 11) is 0. The van der Waals surface area contributed by atoms with Gasteiger partial charge in [0.15, 0.2) is 0 Å². The van der Waals surface area contributed by atoms with Crippen molar-refractivity contribution in [2.75, 3.05) is 18.4 Å². The maximum absolute atomic E-state index is 13.5. The summed E-state index contributed by atoms with van der Waals surface area (Å²) < 4.78 is 28.8. The molecule has 31 heavy (non-hydrogen) atoms. The van der Waals surface area contributed by atoms with Crippen molar-refractivity contribution in [3.63, 3.8) is 0 Å². The molecule has 1 saturated heterocycles. The van der Waals surface area contributed by atoms with Gasteiger partial charge in [-0.05, 0) is 24.3 Å². The van der Waals surface area contributed by atoms with Crippen LogP contribution in [-0.4, -0.2) is 39.3 Å². The fourth-order valence-corrected chi connectivity index (χ4v) is 4.18. The fraction of sp³-hybridized carbons (Fsp3) is 0.261. The minimum atomic E-state index is -2.57. The monoisotopic (exact) mass is 422 g/mol. The lowest BCUT2D eigenvalue weighted by Gasteiger charge is -2.28. The van der Waals surface area contributed by atoms with E-state index < -0.39 is 5.92 Å². The summed E-state index contributed by atoms with van der Waals surface area (Å²) in [5, 5.41) is 4.79. The van der Waals surface area contributed by atoms with Gasteiger partial charge in [0.25, 0.3) is 11.8 Å². The largest absolute Gasteiger partial charge is 0.329 e. The zero-order valence-corrected chi connectivity index (χ0v) is 16.8. The van der Waals surface area contributed by atoms with Gasteiger partial charge in [0.1, 0.15) is 12.2 Å². The summed E-state index contributed by atoms with van der Waals surface area (Å²) in [4.78, 5) is 23.0. The summed E-state index contributed by atoms with van der Waals surface area (Å²) in [5.74, 6) is -2.62. The summed E-state index contributed by atoms with van der Waals surface area (Å²) in [5.41, 5.74) is 2.25. The van der Waals surface area contributed by atoms with Gasteiger partial charge in [0, 0.05) is 35.1 Å². The van der Waals surface area contributed by atoms with Crippen molar-refractivity contribution in [1.82, 2.24) is 14.4 Å². The first-order valence-electron chi connectivity index (χ1n) is 10.3. The number of alkyl halides is 2. The number of nitrogens with one attached hydrogen (secondary N) is 2. The molecule has 0 aliphatic carbocycles. The average Bonchev–Trinajstić information content (AvgIpc) is 3.14. The van der Waals surface area contributed by atoms with E-state index in [9.17, 15) is 13.6 Å². The topological polar surface area (TPSA) is 63.7 Å². The summed E-state index contributed by atoms with van der Waals surface area (Å²) in [6.07, 6.45) is 5.01. The molecule has 0 spiro atoms. The number of rotatable bonds is 4. The second kappa shape index (κ2) is 7.70. The van der Waals surface area contributed by atoms with E-state index in [1.807, 2.05) is 42.5 Å². The number of halogens is 2. The molecule has 0 radical (unpaired) electrons. The second-order valence-electron chi connectivity index (χ2n) is 7.98. The Morgan fingerprint density at radius 2 is 1.97 bits per heavy atom. The van der Waals surface area contributed by atoms with Crippen LogP contribution in [0.3, 0.4) is 0 Å². The number of benzene rings is 1. The number of hydrogen-bond donors (Lipinski definition) is 2. The normalized spacial score (nSPS) is 16.6. The van der Waals surface area contributed by atoms with E-state index >= 15 is 0 Å². The lowest BCUT2D eigenvalue weighted by molar-refractivity contribution is -0.921. The molecule has 1 aliphatic heterocycles. The third-order valence-corrected chi connectivity index (χ3v) is 5.86. The number of pyridine rings is 2. The molecule has 158 valence electrons. The Morgan fingerprint density at radius 1 is 1.13 bits per heavy atom. The summed E-state index contributed by atoms with van der Waals surface area (Å²) >= 11 is 0. The zero-order valence-electron chi connectivity index (χ0n) is 16.8. The molecule has 0 unspecified atom stereocenters. The Hall–Kier alpha value is -3.39. The van der Waals surface area contributed by atoms with E-state index in [-0.39, 0.29) is 24.6 Å².